The minimum Gasteiger partial charge on any atom is -0.368 e. The van der Waals surface area contributed by atoms with Crippen LogP contribution in [0, 0.1) is 12.8 Å². The molecular weight excluding hydrogens is 248 g/mol. The number of hydrogen-bond acceptors (Lipinski definition) is 4. The standard InChI is InChI=1S/C13H20N2O2S/c1-9(17-7-11-4-5-11)13(16)15(3)6-12-8-18-10(2)14-12/h8-9,11H,4-7H2,1-3H3. The van der Waals surface area contributed by atoms with Gasteiger partial charge in [-0.25, -0.2) is 4.98 Å². The Bertz CT molecular complexity index is 415. The van der Waals surface area contributed by atoms with Gasteiger partial charge >= 0.3 is 0 Å². The van der Waals surface area contributed by atoms with E-state index in [1.807, 2.05) is 19.2 Å². The van der Waals surface area contributed by atoms with Crippen LogP contribution in [-0.4, -0.2) is 35.5 Å². The van der Waals surface area contributed by atoms with Gasteiger partial charge in [0.1, 0.15) is 6.10 Å². The van der Waals surface area contributed by atoms with Crippen LogP contribution in [0.25, 0.3) is 0 Å². The zero-order valence-electron chi connectivity index (χ0n) is 11.2. The van der Waals surface area contributed by atoms with Crippen molar-refractivity contribution in [2.24, 2.45) is 5.92 Å². The van der Waals surface area contributed by atoms with Crippen LogP contribution in [-0.2, 0) is 16.1 Å². The number of ether oxygens (including phenoxy) is 1. The van der Waals surface area contributed by atoms with Gasteiger partial charge in [-0.2, -0.15) is 0 Å². The van der Waals surface area contributed by atoms with Gasteiger partial charge in [-0.05, 0) is 32.6 Å². The first-order valence-corrected chi connectivity index (χ1v) is 7.22. The van der Waals surface area contributed by atoms with E-state index in [1.54, 1.807) is 23.3 Å². The van der Waals surface area contributed by atoms with Crippen molar-refractivity contribution >= 4 is 17.2 Å². The number of amides is 1. The highest BCUT2D eigenvalue weighted by atomic mass is 32.1. The second-order valence-electron chi connectivity index (χ2n) is 4.97. The van der Waals surface area contributed by atoms with Crippen LogP contribution >= 0.6 is 11.3 Å². The number of aromatic nitrogens is 1. The Morgan fingerprint density at radius 2 is 2.39 bits per heavy atom. The molecule has 1 amide bonds. The molecule has 1 atom stereocenters. The molecule has 1 heterocycles. The van der Waals surface area contributed by atoms with Gasteiger partial charge in [-0.15, -0.1) is 11.3 Å². The van der Waals surface area contributed by atoms with Crippen LogP contribution in [0.2, 0.25) is 0 Å². The maximum atomic E-state index is 12.1. The lowest BCUT2D eigenvalue weighted by atomic mass is 10.3. The molecule has 0 spiro atoms. The van der Waals surface area contributed by atoms with Crippen molar-refractivity contribution in [2.75, 3.05) is 13.7 Å². The van der Waals surface area contributed by atoms with Gasteiger partial charge in [0, 0.05) is 12.4 Å². The molecule has 1 saturated carbocycles. The maximum absolute atomic E-state index is 12.1. The highest BCUT2D eigenvalue weighted by Gasteiger charge is 2.25. The number of hydrogen-bond donors (Lipinski definition) is 0. The molecule has 1 unspecified atom stereocenters. The second-order valence-corrected chi connectivity index (χ2v) is 6.03. The lowest BCUT2D eigenvalue weighted by Gasteiger charge is -2.20. The molecule has 1 aromatic heterocycles. The summed E-state index contributed by atoms with van der Waals surface area (Å²) in [5.74, 6) is 0.716. The Kier molecular flexibility index (Phi) is 4.35. The predicted octanol–water partition coefficient (Wildman–Crippen LogP) is 2.23. The van der Waals surface area contributed by atoms with E-state index in [2.05, 4.69) is 4.98 Å². The van der Waals surface area contributed by atoms with Gasteiger partial charge < -0.3 is 9.64 Å². The highest BCUT2D eigenvalue weighted by Crippen LogP contribution is 2.29. The minimum atomic E-state index is -0.352. The van der Waals surface area contributed by atoms with Gasteiger partial charge in [0.2, 0.25) is 0 Å². The monoisotopic (exact) mass is 268 g/mol. The highest BCUT2D eigenvalue weighted by molar-refractivity contribution is 7.09. The summed E-state index contributed by atoms with van der Waals surface area (Å²) in [5.41, 5.74) is 0.947. The van der Waals surface area contributed by atoms with E-state index in [-0.39, 0.29) is 12.0 Å². The smallest absolute Gasteiger partial charge is 0.251 e. The van der Waals surface area contributed by atoms with Crippen molar-refractivity contribution in [1.29, 1.82) is 0 Å². The predicted molar refractivity (Wildman–Crippen MR) is 71.5 cm³/mol. The van der Waals surface area contributed by atoms with E-state index in [0.717, 1.165) is 17.3 Å². The molecule has 1 aliphatic rings. The van der Waals surface area contributed by atoms with Crippen molar-refractivity contribution in [3.63, 3.8) is 0 Å². The van der Waals surface area contributed by atoms with E-state index in [9.17, 15) is 4.79 Å². The summed E-state index contributed by atoms with van der Waals surface area (Å²) < 4.78 is 5.58. The maximum Gasteiger partial charge on any atom is 0.251 e. The first-order chi connectivity index (χ1) is 8.56. The Morgan fingerprint density at radius 1 is 1.67 bits per heavy atom. The molecule has 18 heavy (non-hydrogen) atoms. The van der Waals surface area contributed by atoms with Crippen molar-refractivity contribution in [2.45, 2.75) is 39.3 Å². The van der Waals surface area contributed by atoms with E-state index in [4.69, 9.17) is 4.74 Å². The molecule has 0 saturated heterocycles. The number of rotatable bonds is 6. The minimum absolute atomic E-state index is 0.0290. The van der Waals surface area contributed by atoms with Gasteiger partial charge in [-0.1, -0.05) is 0 Å². The number of carbonyl (C=O) groups excluding carboxylic acids is 1. The molecule has 0 aromatic carbocycles. The Labute approximate surface area is 112 Å². The van der Waals surface area contributed by atoms with Crippen LogP contribution in [0.15, 0.2) is 5.38 Å². The normalized spacial score (nSPS) is 16.6. The van der Waals surface area contributed by atoms with E-state index >= 15 is 0 Å². The fraction of sp³-hybridized carbons (Fsp3) is 0.692. The largest absolute Gasteiger partial charge is 0.368 e. The summed E-state index contributed by atoms with van der Waals surface area (Å²) >= 11 is 1.61. The van der Waals surface area contributed by atoms with Crippen LogP contribution in [0.1, 0.15) is 30.5 Å². The molecule has 5 heteroatoms. The van der Waals surface area contributed by atoms with E-state index in [0.29, 0.717) is 12.5 Å². The van der Waals surface area contributed by atoms with Crippen molar-refractivity contribution in [3.8, 4) is 0 Å². The number of likely N-dealkylation sites (N-methyl/N-ethyl adjacent to an activating group) is 1. The van der Waals surface area contributed by atoms with E-state index in [1.165, 1.54) is 12.8 Å². The molecule has 0 aliphatic heterocycles. The fourth-order valence-corrected chi connectivity index (χ4v) is 2.35. The first kappa shape index (κ1) is 13.5. The summed E-state index contributed by atoms with van der Waals surface area (Å²) in [6.45, 7) is 5.07. The molecule has 0 N–H and O–H groups in total. The summed E-state index contributed by atoms with van der Waals surface area (Å²) in [4.78, 5) is 18.1. The van der Waals surface area contributed by atoms with Crippen molar-refractivity contribution in [3.05, 3.63) is 16.1 Å². The van der Waals surface area contributed by atoms with E-state index < -0.39 is 0 Å². The lowest BCUT2D eigenvalue weighted by Crippen LogP contribution is -2.36. The first-order valence-electron chi connectivity index (χ1n) is 6.34. The van der Waals surface area contributed by atoms with Crippen LogP contribution < -0.4 is 0 Å². The van der Waals surface area contributed by atoms with Crippen LogP contribution in [0.5, 0.6) is 0 Å². The summed E-state index contributed by atoms with van der Waals surface area (Å²) in [6.07, 6.45) is 2.14. The third kappa shape index (κ3) is 3.78. The van der Waals surface area contributed by atoms with Crippen molar-refractivity contribution in [1.82, 2.24) is 9.88 Å². The SMILES string of the molecule is Cc1nc(CN(C)C(=O)C(C)OCC2CC2)cs1. The molecule has 4 nitrogen and oxygen atoms in total. The molecule has 1 aliphatic carbocycles. The zero-order valence-corrected chi connectivity index (χ0v) is 12.0. The van der Waals surface area contributed by atoms with Gasteiger partial charge in [0.25, 0.3) is 5.91 Å². The van der Waals surface area contributed by atoms with Crippen LogP contribution in [0.3, 0.4) is 0 Å². The summed E-state index contributed by atoms with van der Waals surface area (Å²) in [7, 11) is 1.80. The molecular formula is C13H20N2O2S. The second kappa shape index (κ2) is 5.80. The quantitative estimate of drug-likeness (QED) is 0.794. The molecule has 1 aromatic rings. The van der Waals surface area contributed by atoms with Gasteiger partial charge in [0.15, 0.2) is 0 Å². The topological polar surface area (TPSA) is 42.4 Å². The molecule has 1 fully saturated rings. The third-order valence-electron chi connectivity index (χ3n) is 3.07. The number of aryl methyl sites for hydroxylation is 1. The number of thiazole rings is 1. The summed E-state index contributed by atoms with van der Waals surface area (Å²) in [5, 5.41) is 3.03. The molecule has 0 radical (unpaired) electrons. The fourth-order valence-electron chi connectivity index (χ4n) is 1.75. The molecule has 2 rings (SSSR count). The Hall–Kier alpha value is -0.940. The van der Waals surface area contributed by atoms with Crippen molar-refractivity contribution < 1.29 is 9.53 Å². The number of nitrogens with zero attached hydrogens (tertiary/aromatic N) is 2. The molecule has 100 valence electrons. The van der Waals surface area contributed by atoms with Gasteiger partial charge in [0.05, 0.1) is 23.9 Å². The average molecular weight is 268 g/mol. The lowest BCUT2D eigenvalue weighted by molar-refractivity contribution is -0.142. The number of carbonyl (C=O) groups is 1. The Balaban J connectivity index is 1.79. The van der Waals surface area contributed by atoms with Crippen LogP contribution in [0.4, 0.5) is 0 Å². The zero-order chi connectivity index (χ0) is 13.1. The molecule has 0 bridgehead atoms. The summed E-state index contributed by atoms with van der Waals surface area (Å²) in [6, 6.07) is 0. The third-order valence-corrected chi connectivity index (χ3v) is 3.89. The average Bonchev–Trinajstić information content (AvgIpc) is 3.08. The Morgan fingerprint density at radius 3 is 2.94 bits per heavy atom. The van der Waals surface area contributed by atoms with Gasteiger partial charge in [-0.3, -0.25) is 4.79 Å².